The molecule has 2 aromatic rings. The Balaban J connectivity index is 2.08. The van der Waals surface area contributed by atoms with Crippen LogP contribution in [0.4, 0.5) is 0 Å². The summed E-state index contributed by atoms with van der Waals surface area (Å²) < 4.78 is 2.19. The third-order valence-corrected chi connectivity index (χ3v) is 5.21. The highest BCUT2D eigenvalue weighted by atomic mass is 16.4. The molecule has 0 radical (unpaired) electrons. The molecule has 1 aromatic heterocycles. The second kappa shape index (κ2) is 7.11. The van der Waals surface area contributed by atoms with Gasteiger partial charge in [0, 0.05) is 56.7 Å². The third kappa shape index (κ3) is 3.46. The molecule has 1 aromatic carbocycles. The van der Waals surface area contributed by atoms with Crippen molar-refractivity contribution in [2.24, 2.45) is 5.92 Å². The first-order chi connectivity index (χ1) is 12.3. The first-order valence-electron chi connectivity index (χ1n) is 9.00. The van der Waals surface area contributed by atoms with Gasteiger partial charge < -0.3 is 19.5 Å². The maximum atomic E-state index is 12.6. The lowest BCUT2D eigenvalue weighted by atomic mass is 10.0. The van der Waals surface area contributed by atoms with E-state index in [1.807, 2.05) is 0 Å². The number of aromatic nitrogens is 1. The van der Waals surface area contributed by atoms with Gasteiger partial charge in [0.2, 0.25) is 5.91 Å². The number of nitrogens with zero attached hydrogens (tertiary/aromatic N) is 3. The van der Waals surface area contributed by atoms with Crippen LogP contribution in [0.5, 0.6) is 0 Å². The number of carbonyl (C=O) groups excluding carboxylic acids is 1. The predicted molar refractivity (Wildman–Crippen MR) is 101 cm³/mol. The van der Waals surface area contributed by atoms with Gasteiger partial charge in [-0.05, 0) is 31.7 Å². The van der Waals surface area contributed by atoms with Gasteiger partial charge >= 0.3 is 5.97 Å². The summed E-state index contributed by atoms with van der Waals surface area (Å²) >= 11 is 0. The van der Waals surface area contributed by atoms with Crippen LogP contribution in [0, 0.1) is 12.8 Å². The van der Waals surface area contributed by atoms with Crippen LogP contribution in [0.15, 0.2) is 18.2 Å². The monoisotopic (exact) mass is 357 g/mol. The number of hydrogen-bond donors (Lipinski definition) is 1. The Morgan fingerprint density at radius 2 is 2.04 bits per heavy atom. The number of carbonyl (C=O) groups is 2. The van der Waals surface area contributed by atoms with E-state index in [4.69, 9.17) is 0 Å². The Labute approximate surface area is 154 Å². The number of carboxylic acid groups (broad SMARTS) is 1. The summed E-state index contributed by atoms with van der Waals surface area (Å²) in [7, 11) is 5.47. The molecular formula is C20H27N3O3. The van der Waals surface area contributed by atoms with Crippen LogP contribution in [-0.4, -0.2) is 59.0 Å². The molecule has 1 unspecified atom stereocenters. The smallest absolute Gasteiger partial charge is 0.304 e. The van der Waals surface area contributed by atoms with E-state index < -0.39 is 11.9 Å². The maximum absolute atomic E-state index is 12.6. The quantitative estimate of drug-likeness (QED) is 0.890. The zero-order chi connectivity index (χ0) is 19.0. The lowest BCUT2D eigenvalue weighted by Gasteiger charge is -2.26. The minimum absolute atomic E-state index is 0.136. The zero-order valence-corrected chi connectivity index (χ0v) is 16.0. The van der Waals surface area contributed by atoms with E-state index in [2.05, 4.69) is 41.6 Å². The molecule has 3 rings (SSSR count). The number of carboxylic acids is 1. The summed E-state index contributed by atoms with van der Waals surface area (Å²) in [5.41, 5.74) is 4.85. The summed E-state index contributed by atoms with van der Waals surface area (Å²) in [6, 6.07) is 6.37. The molecule has 1 amide bonds. The predicted octanol–water partition coefficient (Wildman–Crippen LogP) is 2.12. The van der Waals surface area contributed by atoms with Crippen molar-refractivity contribution in [1.82, 2.24) is 14.4 Å². The second-order valence-electron chi connectivity index (χ2n) is 7.57. The maximum Gasteiger partial charge on any atom is 0.304 e. The Bertz CT molecular complexity index is 854. The molecule has 0 saturated heterocycles. The fourth-order valence-corrected chi connectivity index (χ4v) is 3.93. The summed E-state index contributed by atoms with van der Waals surface area (Å²) in [6.07, 6.45) is 0.757. The summed E-state index contributed by atoms with van der Waals surface area (Å²) in [5, 5.41) is 10.5. The van der Waals surface area contributed by atoms with Gasteiger partial charge in [-0.15, -0.1) is 0 Å². The standard InChI is InChI=1S/C20H27N3O3/c1-13-5-6-17-15(9-13)16-12-22(4)8-7-18(16)23(17)11-14(10-19(24)25)20(26)21(2)3/h5-6,9,14H,7-8,10-12H2,1-4H3,(H,24,25). The summed E-state index contributed by atoms with van der Waals surface area (Å²) in [4.78, 5) is 27.7. The van der Waals surface area contributed by atoms with Crippen molar-refractivity contribution in [3.8, 4) is 0 Å². The number of aliphatic carboxylic acids is 1. The van der Waals surface area contributed by atoms with E-state index in [1.165, 1.54) is 27.1 Å². The van der Waals surface area contributed by atoms with Crippen LogP contribution >= 0.6 is 0 Å². The lowest BCUT2D eigenvalue weighted by molar-refractivity contribution is -0.143. The average Bonchev–Trinajstić information content (AvgIpc) is 2.85. The van der Waals surface area contributed by atoms with Crippen LogP contribution in [0.1, 0.15) is 23.2 Å². The van der Waals surface area contributed by atoms with Crippen LogP contribution < -0.4 is 0 Å². The molecular weight excluding hydrogens is 330 g/mol. The number of rotatable bonds is 5. The SMILES string of the molecule is Cc1ccc2c(c1)c1c(n2CC(CC(=O)O)C(=O)N(C)C)CCN(C)C1. The number of hydrogen-bond acceptors (Lipinski definition) is 3. The van der Waals surface area contributed by atoms with Gasteiger partial charge in [-0.2, -0.15) is 0 Å². The van der Waals surface area contributed by atoms with Crippen molar-refractivity contribution in [1.29, 1.82) is 0 Å². The van der Waals surface area contributed by atoms with Crippen LogP contribution in [-0.2, 0) is 29.1 Å². The number of aryl methyl sites for hydroxylation is 1. The molecule has 1 N–H and O–H groups in total. The topological polar surface area (TPSA) is 65.8 Å². The van der Waals surface area contributed by atoms with Crippen LogP contribution in [0.3, 0.4) is 0 Å². The fraction of sp³-hybridized carbons (Fsp3) is 0.500. The molecule has 26 heavy (non-hydrogen) atoms. The first kappa shape index (κ1) is 18.5. The Hall–Kier alpha value is -2.34. The van der Waals surface area contributed by atoms with Gasteiger partial charge in [0.25, 0.3) is 0 Å². The third-order valence-electron chi connectivity index (χ3n) is 5.21. The highest BCUT2D eigenvalue weighted by Crippen LogP contribution is 2.32. The lowest BCUT2D eigenvalue weighted by Crippen LogP contribution is -2.34. The number of amides is 1. The molecule has 1 atom stereocenters. The van der Waals surface area contributed by atoms with Crippen molar-refractivity contribution < 1.29 is 14.7 Å². The van der Waals surface area contributed by atoms with Crippen molar-refractivity contribution >= 4 is 22.8 Å². The van der Waals surface area contributed by atoms with Crippen LogP contribution in [0.25, 0.3) is 10.9 Å². The summed E-state index contributed by atoms with van der Waals surface area (Å²) in [5.74, 6) is -1.64. The van der Waals surface area contributed by atoms with Gasteiger partial charge in [0.05, 0.1) is 12.3 Å². The minimum Gasteiger partial charge on any atom is -0.481 e. The molecule has 0 aliphatic carbocycles. The molecule has 6 heteroatoms. The van der Waals surface area contributed by atoms with Crippen LogP contribution in [0.2, 0.25) is 0 Å². The molecule has 0 bridgehead atoms. The highest BCUT2D eigenvalue weighted by Gasteiger charge is 2.28. The highest BCUT2D eigenvalue weighted by molar-refractivity contribution is 5.87. The molecule has 1 aliphatic rings. The second-order valence-corrected chi connectivity index (χ2v) is 7.57. The normalized spacial score (nSPS) is 15.7. The molecule has 6 nitrogen and oxygen atoms in total. The Kier molecular flexibility index (Phi) is 5.05. The Morgan fingerprint density at radius 3 is 2.69 bits per heavy atom. The molecule has 140 valence electrons. The van der Waals surface area contributed by atoms with E-state index in [0.29, 0.717) is 6.54 Å². The molecule has 2 heterocycles. The summed E-state index contributed by atoms with van der Waals surface area (Å²) in [6.45, 7) is 4.33. The van der Waals surface area contributed by atoms with E-state index in [-0.39, 0.29) is 12.3 Å². The molecule has 0 saturated carbocycles. The minimum atomic E-state index is -0.939. The fourth-order valence-electron chi connectivity index (χ4n) is 3.93. The van der Waals surface area contributed by atoms with Crippen molar-refractivity contribution in [2.75, 3.05) is 27.7 Å². The largest absolute Gasteiger partial charge is 0.481 e. The van der Waals surface area contributed by atoms with Crippen molar-refractivity contribution in [3.63, 3.8) is 0 Å². The van der Waals surface area contributed by atoms with Crippen molar-refractivity contribution in [2.45, 2.75) is 32.9 Å². The van der Waals surface area contributed by atoms with E-state index >= 15 is 0 Å². The zero-order valence-electron chi connectivity index (χ0n) is 16.0. The van der Waals surface area contributed by atoms with Crippen molar-refractivity contribution in [3.05, 3.63) is 35.0 Å². The van der Waals surface area contributed by atoms with E-state index in [9.17, 15) is 14.7 Å². The van der Waals surface area contributed by atoms with Gasteiger partial charge in [0.15, 0.2) is 0 Å². The number of likely N-dealkylation sites (N-methyl/N-ethyl adjacent to an activating group) is 1. The van der Waals surface area contributed by atoms with Gasteiger partial charge in [-0.3, -0.25) is 9.59 Å². The number of fused-ring (bicyclic) bond motifs is 3. The average molecular weight is 357 g/mol. The molecule has 0 fully saturated rings. The molecule has 0 spiro atoms. The van der Waals surface area contributed by atoms with E-state index in [0.717, 1.165) is 25.0 Å². The Morgan fingerprint density at radius 1 is 1.31 bits per heavy atom. The van der Waals surface area contributed by atoms with Gasteiger partial charge in [0.1, 0.15) is 0 Å². The first-order valence-corrected chi connectivity index (χ1v) is 9.00. The number of benzene rings is 1. The van der Waals surface area contributed by atoms with Gasteiger partial charge in [-0.25, -0.2) is 0 Å². The van der Waals surface area contributed by atoms with E-state index in [1.54, 1.807) is 14.1 Å². The van der Waals surface area contributed by atoms with Gasteiger partial charge in [-0.1, -0.05) is 11.6 Å². The molecule has 1 aliphatic heterocycles.